The number of urea groups is 1. The number of unbranched alkanes of at least 4 members (excludes halogenated alkanes) is 1. The molecule has 0 spiro atoms. The zero-order chi connectivity index (χ0) is 20.1. The number of carbonyl (C=O) groups excluding carboxylic acids is 1. The summed E-state index contributed by atoms with van der Waals surface area (Å²) in [7, 11) is 0. The number of hydrogen-bond donors (Lipinski definition) is 1. The molecule has 4 nitrogen and oxygen atoms in total. The fourth-order valence-corrected chi connectivity index (χ4v) is 4.59. The van der Waals surface area contributed by atoms with E-state index in [1.165, 1.54) is 10.5 Å². The van der Waals surface area contributed by atoms with Crippen LogP contribution in [0.15, 0.2) is 76.8 Å². The van der Waals surface area contributed by atoms with Gasteiger partial charge in [-0.25, -0.2) is 4.79 Å². The van der Waals surface area contributed by atoms with E-state index >= 15 is 0 Å². The van der Waals surface area contributed by atoms with Gasteiger partial charge in [0.1, 0.15) is 0 Å². The summed E-state index contributed by atoms with van der Waals surface area (Å²) in [5.74, 6) is 0. The first-order valence-corrected chi connectivity index (χ1v) is 10.9. The maximum atomic E-state index is 13.0. The van der Waals surface area contributed by atoms with Gasteiger partial charge in [-0.05, 0) is 66.8 Å². The largest absolute Gasteiger partial charge is 0.338 e. The smallest absolute Gasteiger partial charge is 0.322 e. The normalized spacial score (nSPS) is 12.2. The number of amides is 2. The number of hydrogen-bond acceptors (Lipinski definition) is 3. The molecule has 30 heavy (non-hydrogen) atoms. The quantitative estimate of drug-likeness (QED) is 0.451. The fourth-order valence-electron chi connectivity index (χ4n) is 3.37. The Morgan fingerprint density at radius 3 is 2.70 bits per heavy atom. The van der Waals surface area contributed by atoms with Gasteiger partial charge in [-0.3, -0.25) is 9.88 Å². The predicted octanol–water partition coefficient (Wildman–Crippen LogP) is 6.36. The molecular formula is C23H23Cl2N3OS. The van der Waals surface area contributed by atoms with Crippen molar-refractivity contribution in [3.8, 4) is 0 Å². The molecule has 7 heteroatoms. The molecule has 2 heterocycles. The molecule has 156 valence electrons. The van der Waals surface area contributed by atoms with Crippen molar-refractivity contribution in [3.63, 3.8) is 0 Å². The Bertz CT molecular complexity index is 1000. The van der Waals surface area contributed by atoms with Crippen molar-refractivity contribution < 1.29 is 4.79 Å². The van der Waals surface area contributed by atoms with Crippen LogP contribution >= 0.6 is 35.8 Å². The van der Waals surface area contributed by atoms with Gasteiger partial charge in [-0.1, -0.05) is 41.6 Å². The topological polar surface area (TPSA) is 45.2 Å². The number of aromatic nitrogens is 1. The molecule has 2 amide bonds. The number of benzene rings is 2. The third-order valence-electron chi connectivity index (χ3n) is 4.90. The summed E-state index contributed by atoms with van der Waals surface area (Å²) in [6, 6.07) is 17.9. The van der Waals surface area contributed by atoms with Gasteiger partial charge >= 0.3 is 6.03 Å². The number of carbonyl (C=O) groups is 1. The maximum absolute atomic E-state index is 13.0. The monoisotopic (exact) mass is 459 g/mol. The molecule has 0 radical (unpaired) electrons. The van der Waals surface area contributed by atoms with Crippen LogP contribution in [0.3, 0.4) is 0 Å². The number of anilines is 1. The van der Waals surface area contributed by atoms with Gasteiger partial charge in [0.25, 0.3) is 0 Å². The van der Waals surface area contributed by atoms with E-state index in [0.29, 0.717) is 18.1 Å². The molecule has 1 aliphatic heterocycles. The van der Waals surface area contributed by atoms with E-state index < -0.39 is 0 Å². The Labute approximate surface area is 192 Å². The number of pyridine rings is 1. The molecule has 2 aromatic carbocycles. The Morgan fingerprint density at radius 2 is 1.87 bits per heavy atom. The van der Waals surface area contributed by atoms with E-state index in [1.54, 1.807) is 16.7 Å². The van der Waals surface area contributed by atoms with Crippen molar-refractivity contribution >= 4 is 47.5 Å². The minimum Gasteiger partial charge on any atom is -0.338 e. The Hall–Kier alpha value is -2.21. The number of rotatable bonds is 5. The molecule has 0 bridgehead atoms. The molecule has 0 atom stereocenters. The first kappa shape index (κ1) is 22.5. The van der Waals surface area contributed by atoms with Crippen molar-refractivity contribution in [2.24, 2.45) is 0 Å². The molecule has 0 saturated heterocycles. The number of halogens is 2. The predicted molar refractivity (Wildman–Crippen MR) is 126 cm³/mol. The summed E-state index contributed by atoms with van der Waals surface area (Å²) in [4.78, 5) is 21.1. The lowest BCUT2D eigenvalue weighted by Crippen LogP contribution is -2.40. The van der Waals surface area contributed by atoms with Crippen LogP contribution in [0.1, 0.15) is 24.0 Å². The second kappa shape index (κ2) is 10.7. The van der Waals surface area contributed by atoms with Gasteiger partial charge in [0.2, 0.25) is 0 Å². The lowest BCUT2D eigenvalue weighted by molar-refractivity contribution is 0.245. The van der Waals surface area contributed by atoms with Crippen LogP contribution < -0.4 is 10.2 Å². The maximum Gasteiger partial charge on any atom is 0.322 e. The van der Waals surface area contributed by atoms with Gasteiger partial charge < -0.3 is 5.32 Å². The third-order valence-corrected chi connectivity index (χ3v) is 6.31. The fraction of sp³-hybridized carbons (Fsp3) is 0.217. The molecule has 0 fully saturated rings. The van der Waals surface area contributed by atoms with Gasteiger partial charge in [0.05, 0.1) is 12.2 Å². The van der Waals surface area contributed by atoms with E-state index in [1.807, 2.05) is 54.9 Å². The molecule has 0 saturated carbocycles. The van der Waals surface area contributed by atoms with E-state index in [9.17, 15) is 4.79 Å². The van der Waals surface area contributed by atoms with Gasteiger partial charge in [-0.2, -0.15) is 0 Å². The average Bonchev–Trinajstić information content (AvgIpc) is 2.90. The number of aryl methyl sites for hydroxylation is 1. The molecule has 3 aromatic rings. The van der Waals surface area contributed by atoms with E-state index in [2.05, 4.69) is 22.4 Å². The Balaban J connectivity index is 0.00000256. The van der Waals surface area contributed by atoms with Crippen molar-refractivity contribution in [1.29, 1.82) is 0 Å². The molecule has 0 unspecified atom stereocenters. The minimum absolute atomic E-state index is 0. The van der Waals surface area contributed by atoms with E-state index in [0.717, 1.165) is 35.4 Å². The highest BCUT2D eigenvalue weighted by Gasteiger charge is 2.24. The van der Waals surface area contributed by atoms with Crippen molar-refractivity contribution in [3.05, 3.63) is 83.1 Å². The standard InChI is InChI=1S/C23H22ClN3OS.ClH/c24-19-8-9-22-20(15-19)27(16-18-6-1-2-7-21(18)29-22)23(28)26-12-4-3-5-17-10-13-25-14-11-17;/h1-2,6-11,13-15H,3-5,12,16H2,(H,26,28);1H. The van der Waals surface area contributed by atoms with E-state index in [-0.39, 0.29) is 18.4 Å². The van der Waals surface area contributed by atoms with Crippen LogP contribution in [0.5, 0.6) is 0 Å². The van der Waals surface area contributed by atoms with Crippen molar-refractivity contribution in [1.82, 2.24) is 10.3 Å². The van der Waals surface area contributed by atoms with Crippen LogP contribution in [0, 0.1) is 0 Å². The summed E-state index contributed by atoms with van der Waals surface area (Å²) in [6.07, 6.45) is 6.56. The summed E-state index contributed by atoms with van der Waals surface area (Å²) in [5, 5.41) is 3.71. The summed E-state index contributed by atoms with van der Waals surface area (Å²) in [6.45, 7) is 1.17. The molecule has 0 aliphatic carbocycles. The van der Waals surface area contributed by atoms with Crippen LogP contribution in [0.25, 0.3) is 0 Å². The Morgan fingerprint density at radius 1 is 1.07 bits per heavy atom. The summed E-state index contributed by atoms with van der Waals surface area (Å²) < 4.78 is 0. The molecule has 1 aliphatic rings. The van der Waals surface area contributed by atoms with Gasteiger partial charge in [0, 0.05) is 33.8 Å². The third kappa shape index (κ3) is 5.48. The highest BCUT2D eigenvalue weighted by Crippen LogP contribution is 2.42. The van der Waals surface area contributed by atoms with Crippen LogP contribution in [-0.4, -0.2) is 17.6 Å². The second-order valence-corrected chi connectivity index (χ2v) is 8.47. The zero-order valence-corrected chi connectivity index (χ0v) is 18.8. The molecule has 1 N–H and O–H groups in total. The molecular weight excluding hydrogens is 437 g/mol. The first-order valence-electron chi connectivity index (χ1n) is 9.70. The summed E-state index contributed by atoms with van der Waals surface area (Å²) in [5.41, 5.74) is 3.27. The number of nitrogens with one attached hydrogen (secondary N) is 1. The second-order valence-electron chi connectivity index (χ2n) is 6.95. The van der Waals surface area contributed by atoms with E-state index in [4.69, 9.17) is 11.6 Å². The van der Waals surface area contributed by atoms with Crippen molar-refractivity contribution in [2.75, 3.05) is 11.4 Å². The highest BCUT2D eigenvalue weighted by molar-refractivity contribution is 7.99. The Kier molecular flexibility index (Phi) is 8.02. The first-order chi connectivity index (χ1) is 14.2. The zero-order valence-electron chi connectivity index (χ0n) is 16.4. The van der Waals surface area contributed by atoms with Crippen molar-refractivity contribution in [2.45, 2.75) is 35.6 Å². The molecule has 4 rings (SSSR count). The lowest BCUT2D eigenvalue weighted by Gasteiger charge is -2.23. The summed E-state index contributed by atoms with van der Waals surface area (Å²) >= 11 is 7.92. The van der Waals surface area contributed by atoms with Crippen LogP contribution in [0.2, 0.25) is 5.02 Å². The SMILES string of the molecule is Cl.O=C(NCCCCc1ccncc1)N1Cc2ccccc2Sc2ccc(Cl)cc21. The van der Waals surface area contributed by atoms with Crippen LogP contribution in [0.4, 0.5) is 10.5 Å². The number of fused-ring (bicyclic) bond motifs is 2. The lowest BCUT2D eigenvalue weighted by atomic mass is 10.1. The average molecular weight is 460 g/mol. The van der Waals surface area contributed by atoms with Crippen LogP contribution in [-0.2, 0) is 13.0 Å². The van der Waals surface area contributed by atoms with Gasteiger partial charge in [0.15, 0.2) is 0 Å². The number of nitrogens with zero attached hydrogens (tertiary/aromatic N) is 2. The molecule has 1 aromatic heterocycles. The van der Waals surface area contributed by atoms with Gasteiger partial charge in [-0.15, -0.1) is 12.4 Å². The highest BCUT2D eigenvalue weighted by atomic mass is 35.5. The minimum atomic E-state index is -0.0882.